The molecule has 0 saturated heterocycles. The Bertz CT molecular complexity index is 1210. The summed E-state index contributed by atoms with van der Waals surface area (Å²) in [4.78, 5) is 36.0. The Morgan fingerprint density at radius 3 is 2.59 bits per heavy atom. The second kappa shape index (κ2) is 9.27. The molecular weight excluding hydrogens is 426 g/mol. The molecule has 0 bridgehead atoms. The van der Waals surface area contributed by atoms with Crippen LogP contribution >= 0.6 is 11.8 Å². The number of hydrogen-bond acceptors (Lipinski definition) is 7. The van der Waals surface area contributed by atoms with Crippen LogP contribution in [0.5, 0.6) is 5.75 Å². The molecule has 0 aliphatic carbocycles. The summed E-state index contributed by atoms with van der Waals surface area (Å²) in [6, 6.07) is 12.9. The number of thioether (sulfide) groups is 1. The molecule has 1 aromatic carbocycles. The average molecular weight is 450 g/mol. The minimum Gasteiger partial charge on any atom is -0.489 e. The number of aryl methyl sites for hydroxylation is 1. The summed E-state index contributed by atoms with van der Waals surface area (Å²) in [6.45, 7) is 4.43. The van der Waals surface area contributed by atoms with Gasteiger partial charge in [-0.25, -0.2) is 0 Å². The molecule has 1 amide bonds. The Morgan fingerprint density at radius 2 is 1.94 bits per heavy atom. The monoisotopic (exact) mass is 449 g/mol. The van der Waals surface area contributed by atoms with Gasteiger partial charge in [0, 0.05) is 24.2 Å². The molecule has 8 nitrogen and oxygen atoms in total. The molecule has 0 spiro atoms. The van der Waals surface area contributed by atoms with E-state index in [0.717, 1.165) is 17.0 Å². The van der Waals surface area contributed by atoms with Gasteiger partial charge in [0.2, 0.25) is 0 Å². The molecule has 0 fully saturated rings. The molecular formula is C23H23N5O3S. The summed E-state index contributed by atoms with van der Waals surface area (Å²) in [6.07, 6.45) is 5.05. The fourth-order valence-corrected chi connectivity index (χ4v) is 4.61. The number of nitrogens with zero attached hydrogens (tertiary/aromatic N) is 4. The van der Waals surface area contributed by atoms with E-state index >= 15 is 0 Å². The van der Waals surface area contributed by atoms with Gasteiger partial charge < -0.3 is 15.4 Å². The van der Waals surface area contributed by atoms with Gasteiger partial charge in [-0.1, -0.05) is 42.1 Å². The lowest BCUT2D eigenvalue weighted by atomic mass is 10.2. The highest BCUT2D eigenvalue weighted by Crippen LogP contribution is 2.44. The van der Waals surface area contributed by atoms with E-state index < -0.39 is 11.4 Å². The van der Waals surface area contributed by atoms with Crippen LogP contribution in [0, 0.1) is 6.92 Å². The van der Waals surface area contributed by atoms with Crippen LogP contribution in [-0.2, 0) is 17.9 Å². The van der Waals surface area contributed by atoms with Crippen LogP contribution in [0.2, 0.25) is 0 Å². The highest BCUT2D eigenvalue weighted by molar-refractivity contribution is 8.04. The number of carbonyl (C=O) groups is 1. The predicted octanol–water partition coefficient (Wildman–Crippen LogP) is 2.95. The van der Waals surface area contributed by atoms with Gasteiger partial charge in [0.05, 0.1) is 29.0 Å². The largest absolute Gasteiger partial charge is 0.489 e. The number of hydrogen-bond donors (Lipinski definition) is 1. The van der Waals surface area contributed by atoms with Crippen LogP contribution in [0.4, 0.5) is 0 Å². The van der Waals surface area contributed by atoms with Gasteiger partial charge in [-0.2, -0.15) is 0 Å². The van der Waals surface area contributed by atoms with E-state index in [1.54, 1.807) is 29.2 Å². The Labute approximate surface area is 189 Å². The van der Waals surface area contributed by atoms with E-state index in [-0.39, 0.29) is 5.56 Å². The maximum absolute atomic E-state index is 12.9. The second-order valence-corrected chi connectivity index (χ2v) is 8.45. The van der Waals surface area contributed by atoms with Gasteiger partial charge in [-0.05, 0) is 25.5 Å². The molecule has 2 N–H and O–H groups in total. The fourth-order valence-electron chi connectivity index (χ4n) is 3.35. The van der Waals surface area contributed by atoms with Crippen molar-refractivity contribution in [2.24, 2.45) is 5.73 Å². The lowest BCUT2D eigenvalue weighted by Gasteiger charge is -2.28. The zero-order valence-corrected chi connectivity index (χ0v) is 18.6. The topological polar surface area (TPSA) is 103 Å². The van der Waals surface area contributed by atoms with Gasteiger partial charge in [-0.3, -0.25) is 24.1 Å². The molecule has 1 atom stereocenters. The van der Waals surface area contributed by atoms with Crippen molar-refractivity contribution in [3.05, 3.63) is 99.0 Å². The van der Waals surface area contributed by atoms with Crippen LogP contribution < -0.4 is 16.0 Å². The zero-order valence-electron chi connectivity index (χ0n) is 17.8. The van der Waals surface area contributed by atoms with Gasteiger partial charge in [0.15, 0.2) is 5.50 Å². The predicted molar refractivity (Wildman–Crippen MR) is 122 cm³/mol. The van der Waals surface area contributed by atoms with E-state index in [0.29, 0.717) is 29.5 Å². The molecule has 1 unspecified atom stereocenters. The maximum Gasteiger partial charge on any atom is 0.257 e. The second-order valence-electron chi connectivity index (χ2n) is 7.38. The quantitative estimate of drug-likeness (QED) is 0.591. The lowest BCUT2D eigenvalue weighted by molar-refractivity contribution is -0.114. The Balaban J connectivity index is 1.58. The van der Waals surface area contributed by atoms with E-state index in [9.17, 15) is 9.59 Å². The van der Waals surface area contributed by atoms with Crippen LogP contribution in [0.25, 0.3) is 0 Å². The molecule has 4 rings (SSSR count). The fraction of sp³-hybridized carbons (Fsp3) is 0.217. The number of benzene rings is 1. The van der Waals surface area contributed by atoms with Crippen molar-refractivity contribution in [3.8, 4) is 5.75 Å². The van der Waals surface area contributed by atoms with Crippen molar-refractivity contribution in [1.29, 1.82) is 0 Å². The average Bonchev–Trinajstić information content (AvgIpc) is 3.11. The number of primary amides is 1. The molecule has 164 valence electrons. The third-order valence-electron chi connectivity index (χ3n) is 5.05. The molecule has 0 radical (unpaired) electrons. The van der Waals surface area contributed by atoms with Crippen LogP contribution in [0.1, 0.15) is 29.4 Å². The minimum atomic E-state index is -0.522. The Hall–Kier alpha value is -3.59. The Morgan fingerprint density at radius 1 is 1.16 bits per heavy atom. The number of rotatable bonds is 7. The third kappa shape index (κ3) is 4.67. The number of amides is 1. The molecule has 9 heteroatoms. The van der Waals surface area contributed by atoms with Crippen molar-refractivity contribution in [2.45, 2.75) is 32.5 Å². The van der Waals surface area contributed by atoms with Crippen LogP contribution in [-0.4, -0.2) is 25.3 Å². The molecule has 2 aromatic heterocycles. The zero-order chi connectivity index (χ0) is 22.7. The molecule has 32 heavy (non-hydrogen) atoms. The number of nitrogens with two attached hydrogens (primary N) is 1. The molecule has 1 aliphatic rings. The normalized spacial score (nSPS) is 15.8. The van der Waals surface area contributed by atoms with Crippen LogP contribution in [0.15, 0.2) is 76.5 Å². The number of ether oxygens (including phenoxy) is 1. The van der Waals surface area contributed by atoms with Crippen molar-refractivity contribution < 1.29 is 9.53 Å². The summed E-state index contributed by atoms with van der Waals surface area (Å²) in [5.74, 6) is -0.0419. The van der Waals surface area contributed by atoms with Gasteiger partial charge in [-0.15, -0.1) is 0 Å². The van der Waals surface area contributed by atoms with Gasteiger partial charge in [0.25, 0.3) is 11.5 Å². The number of carbonyl (C=O) groups excluding carboxylic acids is 1. The van der Waals surface area contributed by atoms with Crippen molar-refractivity contribution in [3.63, 3.8) is 0 Å². The lowest BCUT2D eigenvalue weighted by Crippen LogP contribution is -2.32. The van der Waals surface area contributed by atoms with Crippen molar-refractivity contribution in [1.82, 2.24) is 19.4 Å². The number of pyridine rings is 1. The minimum absolute atomic E-state index is 0.244. The summed E-state index contributed by atoms with van der Waals surface area (Å²) >= 11 is 1.25. The van der Waals surface area contributed by atoms with Crippen molar-refractivity contribution in [2.75, 3.05) is 0 Å². The van der Waals surface area contributed by atoms with Gasteiger partial charge in [0.1, 0.15) is 12.4 Å². The van der Waals surface area contributed by atoms with Crippen molar-refractivity contribution >= 4 is 17.7 Å². The van der Waals surface area contributed by atoms with E-state index in [4.69, 9.17) is 10.5 Å². The van der Waals surface area contributed by atoms with E-state index in [1.165, 1.54) is 17.8 Å². The summed E-state index contributed by atoms with van der Waals surface area (Å²) < 4.78 is 7.32. The first-order chi connectivity index (χ1) is 15.4. The Kier molecular flexibility index (Phi) is 6.27. The van der Waals surface area contributed by atoms with Gasteiger partial charge >= 0.3 is 0 Å². The maximum atomic E-state index is 12.9. The van der Waals surface area contributed by atoms with E-state index in [2.05, 4.69) is 9.97 Å². The third-order valence-corrected chi connectivity index (χ3v) is 6.47. The smallest absolute Gasteiger partial charge is 0.257 e. The molecule has 0 saturated carbocycles. The number of aromatic nitrogens is 3. The first-order valence-corrected chi connectivity index (χ1v) is 10.9. The standard InChI is InChI=1S/C23H23N5O3S/c1-15-11-26-18(12-25-15)13-28-16(2)21(22(24)30)32-23(28)27-9-8-19(10-20(27)29)31-14-17-6-4-3-5-7-17/h3-12,23H,13-14H2,1-2H3,(H2,24,30). The summed E-state index contributed by atoms with van der Waals surface area (Å²) in [5, 5.41) is 0. The summed E-state index contributed by atoms with van der Waals surface area (Å²) in [7, 11) is 0. The highest BCUT2D eigenvalue weighted by Gasteiger charge is 2.34. The SMILES string of the molecule is CC1=C(C(N)=O)SC(n2ccc(OCc3ccccc3)cc2=O)N1Cc1cnc(C)cn1. The first kappa shape index (κ1) is 21.6. The summed E-state index contributed by atoms with van der Waals surface area (Å²) in [5.41, 5.74) is 8.11. The number of allylic oxidation sites excluding steroid dienone is 1. The van der Waals surface area contributed by atoms with Crippen LogP contribution in [0.3, 0.4) is 0 Å². The van der Waals surface area contributed by atoms with E-state index in [1.807, 2.05) is 49.1 Å². The molecule has 1 aliphatic heterocycles. The first-order valence-electron chi connectivity index (χ1n) is 10.0. The molecule has 3 aromatic rings. The molecule has 3 heterocycles. The highest BCUT2D eigenvalue weighted by atomic mass is 32.2.